The molecule has 0 atom stereocenters. The lowest BCUT2D eigenvalue weighted by atomic mass is 10.0. The first-order valence-corrected chi connectivity index (χ1v) is 4.66. The summed E-state index contributed by atoms with van der Waals surface area (Å²) in [7, 11) is 0. The van der Waals surface area contributed by atoms with Gasteiger partial charge in [-0.1, -0.05) is 0 Å². The number of hydrogen-bond acceptors (Lipinski definition) is 1. The fraction of sp³-hybridized carbons (Fsp3) is 0.600. The minimum atomic E-state index is 0.674. The molecule has 0 bridgehead atoms. The van der Waals surface area contributed by atoms with Gasteiger partial charge < -0.3 is 4.98 Å². The topological polar surface area (TPSA) is 19.0 Å². The summed E-state index contributed by atoms with van der Waals surface area (Å²) in [5.41, 5.74) is 2.99. The summed E-state index contributed by atoms with van der Waals surface area (Å²) in [6, 6.07) is 0.674. The van der Waals surface area contributed by atoms with Crippen LogP contribution in [-0.2, 0) is 13.0 Å². The van der Waals surface area contributed by atoms with Crippen molar-refractivity contribution in [3.05, 3.63) is 23.5 Å². The SMILES string of the molecule is CC(C)N1CCc2c[nH]cc2C1. The molecule has 0 radical (unpaired) electrons. The lowest BCUT2D eigenvalue weighted by Crippen LogP contribution is -2.35. The van der Waals surface area contributed by atoms with Crippen LogP contribution in [0.3, 0.4) is 0 Å². The highest BCUT2D eigenvalue weighted by Gasteiger charge is 2.18. The van der Waals surface area contributed by atoms with Crippen LogP contribution in [0.4, 0.5) is 0 Å². The van der Waals surface area contributed by atoms with E-state index in [0.29, 0.717) is 6.04 Å². The van der Waals surface area contributed by atoms with Crippen LogP contribution in [0, 0.1) is 0 Å². The van der Waals surface area contributed by atoms with Crippen molar-refractivity contribution in [1.82, 2.24) is 9.88 Å². The Labute approximate surface area is 73.6 Å². The zero-order valence-electron chi connectivity index (χ0n) is 7.80. The molecule has 0 aromatic carbocycles. The average molecular weight is 164 g/mol. The summed E-state index contributed by atoms with van der Waals surface area (Å²) in [6.45, 7) is 6.86. The first-order chi connectivity index (χ1) is 5.77. The molecule has 0 fully saturated rings. The number of rotatable bonds is 1. The maximum atomic E-state index is 3.17. The highest BCUT2D eigenvalue weighted by molar-refractivity contribution is 5.25. The number of nitrogens with zero attached hydrogens (tertiary/aromatic N) is 1. The summed E-state index contributed by atoms with van der Waals surface area (Å²) in [5, 5.41) is 0. The van der Waals surface area contributed by atoms with E-state index in [0.717, 1.165) is 6.54 Å². The van der Waals surface area contributed by atoms with E-state index in [1.165, 1.54) is 24.1 Å². The van der Waals surface area contributed by atoms with E-state index in [1.54, 1.807) is 0 Å². The highest BCUT2D eigenvalue weighted by atomic mass is 15.1. The Morgan fingerprint density at radius 2 is 2.08 bits per heavy atom. The quantitative estimate of drug-likeness (QED) is 0.670. The Balaban J connectivity index is 2.15. The Morgan fingerprint density at radius 1 is 1.33 bits per heavy atom. The normalized spacial score (nSPS) is 18.2. The molecular weight excluding hydrogens is 148 g/mol. The van der Waals surface area contributed by atoms with E-state index < -0.39 is 0 Å². The largest absolute Gasteiger partial charge is 0.367 e. The van der Waals surface area contributed by atoms with Crippen molar-refractivity contribution in [3.8, 4) is 0 Å². The Kier molecular flexibility index (Phi) is 1.93. The molecule has 0 amide bonds. The molecule has 1 aromatic rings. The molecule has 1 N–H and O–H groups in total. The molecule has 66 valence electrons. The van der Waals surface area contributed by atoms with Gasteiger partial charge in [-0.25, -0.2) is 0 Å². The molecule has 0 aliphatic carbocycles. The first kappa shape index (κ1) is 7.87. The van der Waals surface area contributed by atoms with E-state index in [2.05, 4.69) is 36.1 Å². The molecule has 0 saturated carbocycles. The van der Waals surface area contributed by atoms with Gasteiger partial charge in [-0.15, -0.1) is 0 Å². The summed E-state index contributed by atoms with van der Waals surface area (Å²) < 4.78 is 0. The Morgan fingerprint density at radius 3 is 2.83 bits per heavy atom. The predicted octanol–water partition coefficient (Wildman–Crippen LogP) is 1.78. The first-order valence-electron chi connectivity index (χ1n) is 4.66. The third-order valence-corrected chi connectivity index (χ3v) is 2.70. The lowest BCUT2D eigenvalue weighted by Gasteiger charge is -2.30. The van der Waals surface area contributed by atoms with E-state index in [4.69, 9.17) is 0 Å². The molecule has 2 heteroatoms. The van der Waals surface area contributed by atoms with Crippen LogP contribution in [0.5, 0.6) is 0 Å². The van der Waals surface area contributed by atoms with E-state index in [9.17, 15) is 0 Å². The molecule has 1 aliphatic heterocycles. The second-order valence-electron chi connectivity index (χ2n) is 3.82. The summed E-state index contributed by atoms with van der Waals surface area (Å²) in [6.07, 6.45) is 5.47. The Bertz CT molecular complexity index is 263. The fourth-order valence-corrected chi connectivity index (χ4v) is 1.81. The molecule has 0 spiro atoms. The minimum Gasteiger partial charge on any atom is -0.367 e. The van der Waals surface area contributed by atoms with Crippen LogP contribution in [0.2, 0.25) is 0 Å². The third kappa shape index (κ3) is 1.27. The standard InChI is InChI=1S/C10H16N2/c1-8(2)12-4-3-9-5-11-6-10(9)7-12/h5-6,8,11H,3-4,7H2,1-2H3. The third-order valence-electron chi connectivity index (χ3n) is 2.70. The van der Waals surface area contributed by atoms with Crippen LogP contribution >= 0.6 is 0 Å². The van der Waals surface area contributed by atoms with Crippen molar-refractivity contribution < 1.29 is 0 Å². The van der Waals surface area contributed by atoms with Gasteiger partial charge in [-0.3, -0.25) is 4.90 Å². The Hall–Kier alpha value is -0.760. The van der Waals surface area contributed by atoms with Crippen LogP contribution in [-0.4, -0.2) is 22.5 Å². The van der Waals surface area contributed by atoms with Crippen molar-refractivity contribution in [2.24, 2.45) is 0 Å². The van der Waals surface area contributed by atoms with E-state index in [-0.39, 0.29) is 0 Å². The molecule has 2 nitrogen and oxygen atoms in total. The summed E-state index contributed by atoms with van der Waals surface area (Å²) >= 11 is 0. The van der Waals surface area contributed by atoms with Crippen LogP contribution < -0.4 is 0 Å². The van der Waals surface area contributed by atoms with Gasteiger partial charge in [-0.2, -0.15) is 0 Å². The predicted molar refractivity (Wildman–Crippen MR) is 50.0 cm³/mol. The maximum Gasteiger partial charge on any atom is 0.0254 e. The zero-order chi connectivity index (χ0) is 8.55. The lowest BCUT2D eigenvalue weighted by molar-refractivity contribution is 0.204. The smallest absolute Gasteiger partial charge is 0.0254 e. The van der Waals surface area contributed by atoms with Gasteiger partial charge in [0.05, 0.1) is 0 Å². The van der Waals surface area contributed by atoms with Gasteiger partial charge in [0.2, 0.25) is 0 Å². The fourth-order valence-electron chi connectivity index (χ4n) is 1.81. The van der Waals surface area contributed by atoms with Crippen LogP contribution in [0.1, 0.15) is 25.0 Å². The number of H-pyrrole nitrogens is 1. The van der Waals surface area contributed by atoms with Crippen molar-refractivity contribution in [1.29, 1.82) is 0 Å². The van der Waals surface area contributed by atoms with E-state index in [1.807, 2.05) is 0 Å². The number of nitrogens with one attached hydrogen (secondary N) is 1. The van der Waals surface area contributed by atoms with Gasteiger partial charge >= 0.3 is 0 Å². The van der Waals surface area contributed by atoms with Crippen molar-refractivity contribution in [3.63, 3.8) is 0 Å². The average Bonchev–Trinajstić information content (AvgIpc) is 2.49. The van der Waals surface area contributed by atoms with Crippen molar-refractivity contribution >= 4 is 0 Å². The molecule has 0 unspecified atom stereocenters. The van der Waals surface area contributed by atoms with Gasteiger partial charge in [-0.05, 0) is 31.4 Å². The van der Waals surface area contributed by atoms with Gasteiger partial charge in [0.25, 0.3) is 0 Å². The molecule has 12 heavy (non-hydrogen) atoms. The number of aromatic nitrogens is 1. The molecule has 2 rings (SSSR count). The number of hydrogen-bond donors (Lipinski definition) is 1. The maximum absolute atomic E-state index is 3.17. The molecular formula is C10H16N2. The molecule has 1 aromatic heterocycles. The second kappa shape index (κ2) is 2.94. The minimum absolute atomic E-state index is 0.674. The van der Waals surface area contributed by atoms with Crippen LogP contribution in [0.25, 0.3) is 0 Å². The van der Waals surface area contributed by atoms with E-state index >= 15 is 0 Å². The summed E-state index contributed by atoms with van der Waals surface area (Å²) in [5.74, 6) is 0. The molecule has 1 aliphatic rings. The summed E-state index contributed by atoms with van der Waals surface area (Å²) in [4.78, 5) is 5.68. The number of fused-ring (bicyclic) bond motifs is 1. The monoisotopic (exact) mass is 164 g/mol. The van der Waals surface area contributed by atoms with Gasteiger partial charge in [0, 0.05) is 31.5 Å². The molecule has 0 saturated heterocycles. The highest BCUT2D eigenvalue weighted by Crippen LogP contribution is 2.19. The van der Waals surface area contributed by atoms with Crippen LogP contribution in [0.15, 0.2) is 12.4 Å². The second-order valence-corrected chi connectivity index (χ2v) is 3.82. The number of aromatic amines is 1. The van der Waals surface area contributed by atoms with Gasteiger partial charge in [0.1, 0.15) is 0 Å². The molecule has 2 heterocycles. The van der Waals surface area contributed by atoms with Gasteiger partial charge in [0.15, 0.2) is 0 Å². The zero-order valence-corrected chi connectivity index (χ0v) is 7.80. The van der Waals surface area contributed by atoms with Crippen molar-refractivity contribution in [2.45, 2.75) is 32.9 Å². The van der Waals surface area contributed by atoms with Crippen molar-refractivity contribution in [2.75, 3.05) is 6.54 Å².